The minimum absolute atomic E-state index is 0.875. The van der Waals surface area contributed by atoms with Gasteiger partial charge in [0, 0.05) is 46.4 Å². The molecular formula is C29H26N6O. The van der Waals surface area contributed by atoms with Crippen molar-refractivity contribution in [3.05, 3.63) is 79.1 Å². The Morgan fingerprint density at radius 3 is 2.72 bits per heavy atom. The van der Waals surface area contributed by atoms with E-state index in [9.17, 15) is 0 Å². The number of H-pyrrole nitrogens is 2. The predicted molar refractivity (Wildman–Crippen MR) is 141 cm³/mol. The molecule has 1 fully saturated rings. The Bertz CT molecular complexity index is 1660. The molecule has 0 amide bonds. The Labute approximate surface area is 208 Å². The van der Waals surface area contributed by atoms with Gasteiger partial charge in [-0.2, -0.15) is 5.10 Å². The van der Waals surface area contributed by atoms with Gasteiger partial charge in [0.2, 0.25) is 0 Å². The van der Waals surface area contributed by atoms with E-state index in [-0.39, 0.29) is 0 Å². The zero-order valence-corrected chi connectivity index (χ0v) is 19.9. The number of nitrogens with zero attached hydrogens (tertiary/aromatic N) is 4. The van der Waals surface area contributed by atoms with Crippen molar-refractivity contribution in [1.82, 2.24) is 30.0 Å². The van der Waals surface area contributed by atoms with Gasteiger partial charge >= 0.3 is 0 Å². The summed E-state index contributed by atoms with van der Waals surface area (Å²) < 4.78 is 5.32. The Morgan fingerprint density at radius 1 is 0.889 bits per heavy atom. The summed E-state index contributed by atoms with van der Waals surface area (Å²) in [5.74, 6) is 0. The van der Waals surface area contributed by atoms with Gasteiger partial charge in [-0.25, -0.2) is 0 Å². The fourth-order valence-corrected chi connectivity index (χ4v) is 5.32. The van der Waals surface area contributed by atoms with Gasteiger partial charge in [-0.3, -0.25) is 20.0 Å². The van der Waals surface area contributed by atoms with Crippen molar-refractivity contribution in [2.24, 2.45) is 0 Å². The van der Waals surface area contributed by atoms with Crippen LogP contribution in [0.5, 0.6) is 0 Å². The molecule has 5 aromatic heterocycles. The number of nitrogens with one attached hydrogen (secondary N) is 2. The van der Waals surface area contributed by atoms with Crippen LogP contribution in [0.4, 0.5) is 0 Å². The molecule has 0 bridgehead atoms. The number of likely N-dealkylation sites (tertiary alicyclic amines) is 1. The second-order valence-corrected chi connectivity index (χ2v) is 9.57. The van der Waals surface area contributed by atoms with Crippen molar-refractivity contribution in [2.45, 2.75) is 25.8 Å². The number of pyridine rings is 2. The molecule has 1 aliphatic heterocycles. The lowest BCUT2D eigenvalue weighted by Gasteiger charge is -2.26. The van der Waals surface area contributed by atoms with Gasteiger partial charge in [0.25, 0.3) is 0 Å². The number of fused-ring (bicyclic) bond motifs is 2. The molecule has 0 atom stereocenters. The largest absolute Gasteiger partial charge is 0.472 e. The summed E-state index contributed by atoms with van der Waals surface area (Å²) in [7, 11) is 0. The van der Waals surface area contributed by atoms with Crippen LogP contribution >= 0.6 is 0 Å². The highest BCUT2D eigenvalue weighted by molar-refractivity contribution is 6.01. The van der Waals surface area contributed by atoms with E-state index in [1.807, 2.05) is 24.7 Å². The van der Waals surface area contributed by atoms with E-state index in [0.29, 0.717) is 0 Å². The van der Waals surface area contributed by atoms with Crippen molar-refractivity contribution in [3.63, 3.8) is 0 Å². The van der Waals surface area contributed by atoms with Gasteiger partial charge in [-0.1, -0.05) is 18.6 Å². The van der Waals surface area contributed by atoms with E-state index >= 15 is 0 Å². The van der Waals surface area contributed by atoms with Crippen molar-refractivity contribution in [2.75, 3.05) is 13.1 Å². The average molecular weight is 475 g/mol. The van der Waals surface area contributed by atoms with Crippen LogP contribution < -0.4 is 0 Å². The third kappa shape index (κ3) is 3.78. The molecule has 0 spiro atoms. The van der Waals surface area contributed by atoms with Crippen LogP contribution in [0.3, 0.4) is 0 Å². The summed E-state index contributed by atoms with van der Waals surface area (Å²) in [6, 6.07) is 14.7. The number of furan rings is 1. The van der Waals surface area contributed by atoms with E-state index in [1.165, 1.54) is 37.9 Å². The first-order chi connectivity index (χ1) is 17.8. The van der Waals surface area contributed by atoms with Crippen molar-refractivity contribution < 1.29 is 4.42 Å². The van der Waals surface area contributed by atoms with Crippen molar-refractivity contribution >= 4 is 21.8 Å². The van der Waals surface area contributed by atoms with Crippen LogP contribution in [0.2, 0.25) is 0 Å². The first-order valence-electron chi connectivity index (χ1n) is 12.5. The lowest BCUT2D eigenvalue weighted by atomic mass is 10.0. The molecule has 1 aromatic carbocycles. The smallest absolute Gasteiger partial charge is 0.116 e. The number of aromatic amines is 2. The minimum atomic E-state index is 0.875. The standard InChI is InChI=1S/C29H26N6O/c1-2-8-35(9-3-1)17-19-11-21(15-30-14-19)26-13-24-28(16-31-26)33-34-29(24)27-12-23-22(20-7-10-36-18-20)5-4-6-25(23)32-27/h4-7,10-16,18,32H,1-3,8-9,17H2,(H,33,34). The number of hydrogen-bond donors (Lipinski definition) is 2. The summed E-state index contributed by atoms with van der Waals surface area (Å²) in [5, 5.41) is 9.95. The van der Waals surface area contributed by atoms with Gasteiger partial charge < -0.3 is 9.40 Å². The second kappa shape index (κ2) is 8.77. The van der Waals surface area contributed by atoms with Crippen LogP contribution in [-0.2, 0) is 6.54 Å². The molecule has 1 aliphatic rings. The average Bonchev–Trinajstić information content (AvgIpc) is 3.68. The molecular weight excluding hydrogens is 448 g/mol. The fourth-order valence-electron chi connectivity index (χ4n) is 5.32. The van der Waals surface area contributed by atoms with E-state index in [2.05, 4.69) is 61.5 Å². The topological polar surface area (TPSA) is 86.6 Å². The Balaban J connectivity index is 1.26. The van der Waals surface area contributed by atoms with Crippen LogP contribution in [-0.4, -0.2) is 43.1 Å². The van der Waals surface area contributed by atoms with Crippen LogP contribution in [0.25, 0.3) is 55.6 Å². The van der Waals surface area contributed by atoms with Crippen molar-refractivity contribution in [1.29, 1.82) is 0 Å². The molecule has 0 unspecified atom stereocenters. The maximum atomic E-state index is 5.32. The molecule has 7 rings (SSSR count). The Morgan fingerprint density at radius 2 is 1.83 bits per heavy atom. The fraction of sp³-hybridized carbons (Fsp3) is 0.207. The van der Waals surface area contributed by atoms with Gasteiger partial charge in [0.15, 0.2) is 0 Å². The Hall–Kier alpha value is -4.23. The van der Waals surface area contributed by atoms with E-state index in [0.717, 1.165) is 62.1 Å². The molecule has 36 heavy (non-hydrogen) atoms. The second-order valence-electron chi connectivity index (χ2n) is 9.57. The monoisotopic (exact) mass is 474 g/mol. The molecule has 0 aliphatic carbocycles. The SMILES string of the molecule is c1cc(-c2ccoc2)c2cc(-c3n[nH]c4cnc(-c5cncc(CN6CCCCC6)c5)cc34)[nH]c2c1. The third-order valence-corrected chi connectivity index (χ3v) is 7.14. The summed E-state index contributed by atoms with van der Waals surface area (Å²) >= 11 is 0. The normalized spacial score (nSPS) is 14.7. The number of piperidine rings is 1. The molecule has 6 heterocycles. The molecule has 7 nitrogen and oxygen atoms in total. The van der Waals surface area contributed by atoms with Gasteiger partial charge in [0.05, 0.1) is 35.6 Å². The Kier molecular flexibility index (Phi) is 5.14. The summed E-state index contributed by atoms with van der Waals surface area (Å²) in [6.45, 7) is 3.27. The third-order valence-electron chi connectivity index (χ3n) is 7.14. The summed E-state index contributed by atoms with van der Waals surface area (Å²) in [6.07, 6.45) is 13.1. The minimum Gasteiger partial charge on any atom is -0.472 e. The molecule has 2 N–H and O–H groups in total. The van der Waals surface area contributed by atoms with E-state index in [4.69, 9.17) is 9.40 Å². The molecule has 6 aromatic rings. The summed E-state index contributed by atoms with van der Waals surface area (Å²) in [5.41, 5.74) is 9.13. The molecule has 7 heteroatoms. The number of benzene rings is 1. The zero-order chi connectivity index (χ0) is 23.9. The maximum Gasteiger partial charge on any atom is 0.116 e. The zero-order valence-electron chi connectivity index (χ0n) is 19.9. The van der Waals surface area contributed by atoms with E-state index in [1.54, 1.807) is 12.5 Å². The highest BCUT2D eigenvalue weighted by atomic mass is 16.3. The maximum absolute atomic E-state index is 5.32. The number of hydrogen-bond acceptors (Lipinski definition) is 5. The quantitative estimate of drug-likeness (QED) is 0.301. The van der Waals surface area contributed by atoms with Gasteiger partial charge in [-0.05, 0) is 67.4 Å². The first-order valence-corrected chi connectivity index (χ1v) is 12.5. The molecule has 178 valence electrons. The van der Waals surface area contributed by atoms with Crippen LogP contribution in [0.1, 0.15) is 24.8 Å². The number of aromatic nitrogens is 5. The lowest BCUT2D eigenvalue weighted by molar-refractivity contribution is 0.220. The lowest BCUT2D eigenvalue weighted by Crippen LogP contribution is -2.29. The van der Waals surface area contributed by atoms with Gasteiger partial charge in [0.1, 0.15) is 5.69 Å². The van der Waals surface area contributed by atoms with E-state index < -0.39 is 0 Å². The van der Waals surface area contributed by atoms with Gasteiger partial charge in [-0.15, -0.1) is 0 Å². The van der Waals surface area contributed by atoms with Crippen LogP contribution in [0, 0.1) is 0 Å². The van der Waals surface area contributed by atoms with Crippen molar-refractivity contribution in [3.8, 4) is 33.8 Å². The summed E-state index contributed by atoms with van der Waals surface area (Å²) in [4.78, 5) is 15.3. The molecule has 0 radical (unpaired) electrons. The first kappa shape index (κ1) is 21.1. The number of rotatable bonds is 5. The predicted octanol–water partition coefficient (Wildman–Crippen LogP) is 6.41. The molecule has 1 saturated heterocycles. The van der Waals surface area contributed by atoms with Crippen LogP contribution in [0.15, 0.2) is 78.0 Å². The highest BCUT2D eigenvalue weighted by Crippen LogP contribution is 2.35. The molecule has 0 saturated carbocycles. The highest BCUT2D eigenvalue weighted by Gasteiger charge is 2.16.